The van der Waals surface area contributed by atoms with Crippen LogP contribution >= 0.6 is 11.8 Å². The van der Waals surface area contributed by atoms with Crippen molar-refractivity contribution in [3.8, 4) is 0 Å². The zero-order chi connectivity index (χ0) is 18.5. The Balaban J connectivity index is 1.70. The molecule has 0 radical (unpaired) electrons. The molecule has 0 aliphatic carbocycles. The van der Waals surface area contributed by atoms with Gasteiger partial charge in [-0.1, -0.05) is 31.2 Å². The van der Waals surface area contributed by atoms with Gasteiger partial charge in [-0.05, 0) is 55.5 Å². The molecule has 3 rings (SSSR count). The van der Waals surface area contributed by atoms with Gasteiger partial charge in [0.25, 0.3) is 5.91 Å². The third-order valence-electron chi connectivity index (χ3n) is 4.09. The molecule has 0 unspecified atom stereocenters. The van der Waals surface area contributed by atoms with Crippen LogP contribution < -0.4 is 5.32 Å². The van der Waals surface area contributed by atoms with Crippen molar-refractivity contribution in [3.63, 3.8) is 0 Å². The number of carbonyl (C=O) groups is 1. The summed E-state index contributed by atoms with van der Waals surface area (Å²) in [5, 5.41) is 7.50. The van der Waals surface area contributed by atoms with Crippen molar-refractivity contribution in [2.45, 2.75) is 32.2 Å². The van der Waals surface area contributed by atoms with Gasteiger partial charge in [-0.3, -0.25) is 9.48 Å². The third kappa shape index (κ3) is 4.35. The summed E-state index contributed by atoms with van der Waals surface area (Å²) >= 11 is 1.72. The Morgan fingerprint density at radius 1 is 1.12 bits per heavy atom. The lowest BCUT2D eigenvalue weighted by Gasteiger charge is -2.10. The Hall–Kier alpha value is -2.53. The van der Waals surface area contributed by atoms with Crippen molar-refractivity contribution >= 4 is 23.4 Å². The van der Waals surface area contributed by atoms with E-state index in [1.165, 1.54) is 0 Å². The van der Waals surface area contributed by atoms with Gasteiger partial charge >= 0.3 is 0 Å². The predicted octanol–water partition coefficient (Wildman–Crippen LogP) is 4.91. The molecule has 0 saturated heterocycles. The fourth-order valence-corrected chi connectivity index (χ4v) is 3.58. The Morgan fingerprint density at radius 3 is 2.50 bits per heavy atom. The summed E-state index contributed by atoms with van der Waals surface area (Å²) in [4.78, 5) is 13.6. The van der Waals surface area contributed by atoms with Crippen molar-refractivity contribution in [3.05, 3.63) is 77.1 Å². The molecule has 0 fully saturated rings. The number of aryl methyl sites for hydroxylation is 2. The Labute approximate surface area is 158 Å². The second-order valence-corrected chi connectivity index (χ2v) is 7.47. The van der Waals surface area contributed by atoms with Crippen molar-refractivity contribution in [1.82, 2.24) is 9.78 Å². The summed E-state index contributed by atoms with van der Waals surface area (Å²) < 4.78 is 1.97. The lowest BCUT2D eigenvalue weighted by molar-refractivity contribution is 0.102. The Morgan fingerprint density at radius 2 is 1.85 bits per heavy atom. The van der Waals surface area contributed by atoms with E-state index < -0.39 is 0 Å². The van der Waals surface area contributed by atoms with E-state index >= 15 is 0 Å². The first-order valence-corrected chi connectivity index (χ1v) is 9.68. The summed E-state index contributed by atoms with van der Waals surface area (Å²) in [5.41, 5.74) is 4.78. The van der Waals surface area contributed by atoms with E-state index in [0.29, 0.717) is 12.1 Å². The molecule has 0 aliphatic rings. The largest absolute Gasteiger partial charge is 0.321 e. The van der Waals surface area contributed by atoms with Gasteiger partial charge in [0.1, 0.15) is 0 Å². The van der Waals surface area contributed by atoms with Gasteiger partial charge in [0.05, 0.1) is 17.9 Å². The molecule has 0 bridgehead atoms. The first-order chi connectivity index (χ1) is 12.6. The molecule has 4 nitrogen and oxygen atoms in total. The van der Waals surface area contributed by atoms with Crippen molar-refractivity contribution in [1.29, 1.82) is 0 Å². The first kappa shape index (κ1) is 18.3. The van der Waals surface area contributed by atoms with Crippen LogP contribution in [0.4, 0.5) is 5.69 Å². The number of benzene rings is 2. The molecule has 134 valence electrons. The molecule has 1 amide bonds. The first-order valence-electron chi connectivity index (χ1n) is 8.70. The molecule has 1 aromatic heterocycles. The molecular formula is C21H23N3OS. The lowest BCUT2D eigenvalue weighted by atomic mass is 10.1. The van der Waals surface area contributed by atoms with Crippen LogP contribution in [0.1, 0.15) is 34.2 Å². The van der Waals surface area contributed by atoms with Crippen LogP contribution in [-0.4, -0.2) is 21.4 Å². The number of hydrogen-bond acceptors (Lipinski definition) is 3. The molecule has 0 aliphatic heterocycles. The van der Waals surface area contributed by atoms with Gasteiger partial charge in [-0.15, -0.1) is 11.8 Å². The number of para-hydroxylation sites is 1. The molecule has 2 aromatic carbocycles. The van der Waals surface area contributed by atoms with E-state index in [9.17, 15) is 4.79 Å². The molecule has 0 atom stereocenters. The van der Waals surface area contributed by atoms with E-state index in [-0.39, 0.29) is 5.91 Å². The van der Waals surface area contributed by atoms with Crippen LogP contribution in [0.25, 0.3) is 0 Å². The zero-order valence-corrected chi connectivity index (χ0v) is 16.1. The SMILES string of the molecule is CCSc1ccccc1NC(=O)c1ccc(Cn2nc(C)cc2C)cc1. The predicted molar refractivity (Wildman–Crippen MR) is 108 cm³/mol. The number of nitrogens with zero attached hydrogens (tertiary/aromatic N) is 2. The molecule has 1 heterocycles. The van der Waals surface area contributed by atoms with Gasteiger partial charge in [0.15, 0.2) is 0 Å². The number of anilines is 1. The minimum atomic E-state index is -0.0909. The highest BCUT2D eigenvalue weighted by Gasteiger charge is 2.09. The highest BCUT2D eigenvalue weighted by atomic mass is 32.2. The van der Waals surface area contributed by atoms with Crippen molar-refractivity contribution < 1.29 is 4.79 Å². The van der Waals surface area contributed by atoms with Gasteiger partial charge in [0, 0.05) is 16.2 Å². The summed E-state index contributed by atoms with van der Waals surface area (Å²) in [7, 11) is 0. The van der Waals surface area contributed by atoms with E-state index in [1.807, 2.05) is 67.1 Å². The monoisotopic (exact) mass is 365 g/mol. The Kier molecular flexibility index (Phi) is 5.78. The maximum absolute atomic E-state index is 12.6. The number of aromatic nitrogens is 2. The summed E-state index contributed by atoms with van der Waals surface area (Å²) in [6, 6.07) is 17.7. The molecule has 0 saturated carbocycles. The van der Waals surface area contributed by atoms with Crippen LogP contribution in [0.5, 0.6) is 0 Å². The van der Waals surface area contributed by atoms with Crippen molar-refractivity contribution in [2.24, 2.45) is 0 Å². The number of thioether (sulfide) groups is 1. The van der Waals surface area contributed by atoms with E-state index in [4.69, 9.17) is 0 Å². The summed E-state index contributed by atoms with van der Waals surface area (Å²) in [6.45, 7) is 6.85. The fourth-order valence-electron chi connectivity index (χ4n) is 2.82. The third-order valence-corrected chi connectivity index (χ3v) is 5.04. The van der Waals surface area contributed by atoms with Crippen LogP contribution in [0.3, 0.4) is 0 Å². The van der Waals surface area contributed by atoms with Crippen LogP contribution in [0.15, 0.2) is 59.5 Å². The maximum Gasteiger partial charge on any atom is 0.255 e. The molecule has 0 spiro atoms. The van der Waals surface area contributed by atoms with Crippen LogP contribution in [-0.2, 0) is 6.54 Å². The standard InChI is InChI=1S/C21H23N3OS/c1-4-26-20-8-6-5-7-19(20)22-21(25)18-11-9-17(10-12-18)14-24-16(3)13-15(2)23-24/h5-13H,4,14H2,1-3H3,(H,22,25). The van der Waals surface area contributed by atoms with Crippen LogP contribution in [0.2, 0.25) is 0 Å². The number of hydrogen-bond donors (Lipinski definition) is 1. The van der Waals surface area contributed by atoms with Crippen LogP contribution in [0, 0.1) is 13.8 Å². The smallest absolute Gasteiger partial charge is 0.255 e. The highest BCUT2D eigenvalue weighted by Crippen LogP contribution is 2.27. The number of nitrogens with one attached hydrogen (secondary N) is 1. The highest BCUT2D eigenvalue weighted by molar-refractivity contribution is 7.99. The van der Waals surface area contributed by atoms with Gasteiger partial charge in [0.2, 0.25) is 0 Å². The molecule has 26 heavy (non-hydrogen) atoms. The summed E-state index contributed by atoms with van der Waals surface area (Å²) in [6.07, 6.45) is 0. The zero-order valence-electron chi connectivity index (χ0n) is 15.3. The minimum Gasteiger partial charge on any atom is -0.321 e. The average Bonchev–Trinajstić information content (AvgIpc) is 2.94. The normalized spacial score (nSPS) is 10.7. The minimum absolute atomic E-state index is 0.0909. The fraction of sp³-hybridized carbons (Fsp3) is 0.238. The molecule has 5 heteroatoms. The van der Waals surface area contributed by atoms with E-state index in [2.05, 4.69) is 23.4 Å². The van der Waals surface area contributed by atoms with E-state index in [1.54, 1.807) is 11.8 Å². The summed E-state index contributed by atoms with van der Waals surface area (Å²) in [5.74, 6) is 0.875. The van der Waals surface area contributed by atoms with Crippen molar-refractivity contribution in [2.75, 3.05) is 11.1 Å². The second kappa shape index (κ2) is 8.23. The lowest BCUT2D eigenvalue weighted by Crippen LogP contribution is -2.12. The topological polar surface area (TPSA) is 46.9 Å². The second-order valence-electron chi connectivity index (χ2n) is 6.16. The van der Waals surface area contributed by atoms with E-state index in [0.717, 1.165) is 33.3 Å². The number of amides is 1. The average molecular weight is 366 g/mol. The molecule has 1 N–H and O–H groups in total. The Bertz CT molecular complexity index is 900. The molecular weight excluding hydrogens is 342 g/mol. The number of carbonyl (C=O) groups excluding carboxylic acids is 1. The van der Waals surface area contributed by atoms with Gasteiger partial charge in [-0.2, -0.15) is 5.10 Å². The maximum atomic E-state index is 12.6. The molecule has 3 aromatic rings. The quantitative estimate of drug-likeness (QED) is 0.631. The van der Waals surface area contributed by atoms with Gasteiger partial charge in [-0.25, -0.2) is 0 Å². The van der Waals surface area contributed by atoms with Gasteiger partial charge < -0.3 is 5.32 Å². The number of rotatable bonds is 6.